The summed E-state index contributed by atoms with van der Waals surface area (Å²) < 4.78 is 12.7. The fraction of sp³-hybridized carbons (Fsp3) is 0.150. The van der Waals surface area contributed by atoms with E-state index in [1.165, 1.54) is 0 Å². The number of anilines is 1. The Kier molecular flexibility index (Phi) is 5.40. The highest BCUT2D eigenvalue weighted by molar-refractivity contribution is 7.58. The maximum Gasteiger partial charge on any atom is 0.303 e. The molecule has 0 aliphatic carbocycles. The van der Waals surface area contributed by atoms with E-state index in [9.17, 15) is 14.3 Å². The number of aliphatic carboxylic acids is 1. The molecule has 1 atom stereocenters. The Morgan fingerprint density at radius 1 is 0.962 bits per heavy atom. The van der Waals surface area contributed by atoms with E-state index in [-0.39, 0.29) is 19.0 Å². The van der Waals surface area contributed by atoms with Crippen LogP contribution in [0, 0.1) is 0 Å². The van der Waals surface area contributed by atoms with Crippen LogP contribution in [-0.4, -0.2) is 16.0 Å². The minimum absolute atomic E-state index is 0.000955. The summed E-state index contributed by atoms with van der Waals surface area (Å²) in [7, 11) is -3.69. The second kappa shape index (κ2) is 7.73. The minimum atomic E-state index is -3.69. The van der Waals surface area contributed by atoms with Crippen LogP contribution in [0.4, 0.5) is 5.69 Å². The van der Waals surface area contributed by atoms with E-state index in [2.05, 4.69) is 5.09 Å². The topological polar surface area (TPSA) is 86.6 Å². The van der Waals surface area contributed by atoms with Gasteiger partial charge >= 0.3 is 5.97 Å². The van der Waals surface area contributed by atoms with Crippen LogP contribution in [0.5, 0.6) is 0 Å². The first kappa shape index (κ1) is 18.2. The molecular weight excluding hydrogens is 349 g/mol. The molecule has 6 heteroatoms. The number of aryl methyl sites for hydroxylation is 1. The van der Waals surface area contributed by atoms with Gasteiger partial charge in [0, 0.05) is 12.1 Å². The summed E-state index contributed by atoms with van der Waals surface area (Å²) >= 11 is 0. The standard InChI is InChI=1S/C20H20NO4P/c22-20(23)13-11-18-17-9-5-4-8-16(17)10-12-19(18)21-26(24,25)14-15-6-2-1-3-7-15/h1-10,12H,11,13-14H2,(H,22,23)(H2,21,24,25). The Hall–Kier alpha value is -2.62. The maximum atomic E-state index is 12.7. The van der Waals surface area contributed by atoms with Gasteiger partial charge in [-0.15, -0.1) is 0 Å². The molecule has 0 aliphatic heterocycles. The van der Waals surface area contributed by atoms with Gasteiger partial charge in [0.1, 0.15) is 0 Å². The van der Waals surface area contributed by atoms with E-state index < -0.39 is 13.5 Å². The summed E-state index contributed by atoms with van der Waals surface area (Å²) in [6, 6.07) is 20.3. The van der Waals surface area contributed by atoms with Gasteiger partial charge < -0.3 is 15.1 Å². The molecule has 3 aromatic rings. The summed E-state index contributed by atoms with van der Waals surface area (Å²) in [6.07, 6.45) is 0.237. The Balaban J connectivity index is 1.94. The van der Waals surface area contributed by atoms with E-state index in [4.69, 9.17) is 5.11 Å². The van der Waals surface area contributed by atoms with Gasteiger partial charge in [-0.2, -0.15) is 0 Å². The zero-order chi connectivity index (χ0) is 18.6. The summed E-state index contributed by atoms with van der Waals surface area (Å²) in [5, 5.41) is 13.7. The normalized spacial score (nSPS) is 13.3. The van der Waals surface area contributed by atoms with Gasteiger partial charge in [-0.05, 0) is 34.4 Å². The van der Waals surface area contributed by atoms with Gasteiger partial charge in [0.15, 0.2) is 0 Å². The van der Waals surface area contributed by atoms with Crippen molar-refractivity contribution in [2.24, 2.45) is 0 Å². The third-order valence-electron chi connectivity index (χ3n) is 4.16. The van der Waals surface area contributed by atoms with Crippen LogP contribution in [0.1, 0.15) is 17.5 Å². The predicted molar refractivity (Wildman–Crippen MR) is 103 cm³/mol. The molecule has 0 radical (unpaired) electrons. The average Bonchev–Trinajstić information content (AvgIpc) is 2.60. The van der Waals surface area contributed by atoms with Crippen LogP contribution >= 0.6 is 7.52 Å². The molecular formula is C20H20NO4P. The van der Waals surface area contributed by atoms with E-state index >= 15 is 0 Å². The molecule has 0 fully saturated rings. The number of carboxylic acids is 1. The molecule has 1 unspecified atom stereocenters. The molecule has 26 heavy (non-hydrogen) atoms. The highest BCUT2D eigenvalue weighted by Gasteiger charge is 2.21. The highest BCUT2D eigenvalue weighted by atomic mass is 31.2. The molecule has 0 heterocycles. The lowest BCUT2D eigenvalue weighted by Crippen LogP contribution is -2.05. The first-order valence-electron chi connectivity index (χ1n) is 8.31. The van der Waals surface area contributed by atoms with E-state index in [1.807, 2.05) is 48.5 Å². The summed E-state index contributed by atoms with van der Waals surface area (Å²) in [4.78, 5) is 21.4. The molecule has 134 valence electrons. The number of rotatable bonds is 7. The third-order valence-corrected chi connectivity index (χ3v) is 5.55. The average molecular weight is 369 g/mol. The predicted octanol–water partition coefficient (Wildman–Crippen LogP) is 4.65. The second-order valence-electron chi connectivity index (χ2n) is 6.16. The zero-order valence-electron chi connectivity index (χ0n) is 14.1. The van der Waals surface area contributed by atoms with Crippen molar-refractivity contribution in [1.82, 2.24) is 0 Å². The van der Waals surface area contributed by atoms with Crippen molar-refractivity contribution in [3.05, 3.63) is 77.9 Å². The fourth-order valence-electron chi connectivity index (χ4n) is 3.00. The Morgan fingerprint density at radius 2 is 1.65 bits per heavy atom. The molecule has 3 N–H and O–H groups in total. The quantitative estimate of drug-likeness (QED) is 0.528. The van der Waals surface area contributed by atoms with Crippen LogP contribution < -0.4 is 5.09 Å². The smallest absolute Gasteiger partial charge is 0.303 e. The summed E-state index contributed by atoms with van der Waals surface area (Å²) in [6.45, 7) is 0. The highest BCUT2D eigenvalue weighted by Crippen LogP contribution is 2.46. The van der Waals surface area contributed by atoms with Gasteiger partial charge in [-0.25, -0.2) is 0 Å². The Morgan fingerprint density at radius 3 is 2.38 bits per heavy atom. The van der Waals surface area contributed by atoms with Gasteiger partial charge in [-0.3, -0.25) is 9.36 Å². The lowest BCUT2D eigenvalue weighted by molar-refractivity contribution is -0.136. The first-order chi connectivity index (χ1) is 12.4. The van der Waals surface area contributed by atoms with Crippen molar-refractivity contribution in [3.8, 4) is 0 Å². The van der Waals surface area contributed by atoms with Crippen molar-refractivity contribution >= 4 is 29.9 Å². The number of fused-ring (bicyclic) bond motifs is 1. The molecule has 0 spiro atoms. The number of benzene rings is 3. The Labute approximate surface area is 151 Å². The van der Waals surface area contributed by atoms with Crippen LogP contribution in [0.25, 0.3) is 10.8 Å². The largest absolute Gasteiger partial charge is 0.481 e. The first-order valence-corrected chi connectivity index (χ1v) is 10.2. The van der Waals surface area contributed by atoms with Crippen LogP contribution in [0.15, 0.2) is 66.7 Å². The molecule has 3 rings (SSSR count). The number of nitrogens with one attached hydrogen (secondary N) is 1. The van der Waals surface area contributed by atoms with Crippen molar-refractivity contribution in [2.75, 3.05) is 5.09 Å². The molecule has 3 aromatic carbocycles. The molecule has 0 bridgehead atoms. The molecule has 0 amide bonds. The fourth-order valence-corrected chi connectivity index (χ4v) is 4.37. The monoisotopic (exact) mass is 369 g/mol. The number of hydrogen-bond donors (Lipinski definition) is 3. The molecule has 0 aromatic heterocycles. The van der Waals surface area contributed by atoms with E-state index in [1.54, 1.807) is 18.2 Å². The molecule has 5 nitrogen and oxygen atoms in total. The summed E-state index contributed by atoms with van der Waals surface area (Å²) in [5.74, 6) is -0.902. The van der Waals surface area contributed by atoms with Crippen molar-refractivity contribution in [1.29, 1.82) is 0 Å². The lowest BCUT2D eigenvalue weighted by Gasteiger charge is -2.19. The SMILES string of the molecule is O=C(O)CCc1c(NP(=O)(O)Cc2ccccc2)ccc2ccccc12. The van der Waals surface area contributed by atoms with Gasteiger partial charge in [0.25, 0.3) is 7.52 Å². The minimum Gasteiger partial charge on any atom is -0.481 e. The summed E-state index contributed by atoms with van der Waals surface area (Å²) in [5.41, 5.74) is 2.01. The number of carboxylic acid groups (broad SMARTS) is 1. The van der Waals surface area contributed by atoms with Gasteiger partial charge in [0.05, 0.1) is 6.16 Å². The second-order valence-corrected chi connectivity index (χ2v) is 8.11. The van der Waals surface area contributed by atoms with E-state index in [0.29, 0.717) is 5.69 Å². The van der Waals surface area contributed by atoms with Gasteiger partial charge in [-0.1, -0.05) is 60.7 Å². The molecule has 0 saturated carbocycles. The van der Waals surface area contributed by atoms with Crippen LogP contribution in [-0.2, 0) is 21.9 Å². The third kappa shape index (κ3) is 4.51. The maximum absolute atomic E-state index is 12.7. The van der Waals surface area contributed by atoms with Crippen molar-refractivity contribution in [3.63, 3.8) is 0 Å². The molecule has 0 aliphatic rings. The Bertz CT molecular complexity index is 972. The van der Waals surface area contributed by atoms with Gasteiger partial charge in [0.2, 0.25) is 0 Å². The zero-order valence-corrected chi connectivity index (χ0v) is 15.0. The lowest BCUT2D eigenvalue weighted by atomic mass is 9.99. The number of hydrogen-bond acceptors (Lipinski definition) is 2. The van der Waals surface area contributed by atoms with Crippen LogP contribution in [0.2, 0.25) is 0 Å². The van der Waals surface area contributed by atoms with E-state index in [0.717, 1.165) is 21.9 Å². The van der Waals surface area contributed by atoms with Crippen molar-refractivity contribution in [2.45, 2.75) is 19.0 Å². The number of carbonyl (C=O) groups is 1. The molecule has 0 saturated heterocycles. The van der Waals surface area contributed by atoms with Crippen molar-refractivity contribution < 1.29 is 19.4 Å². The van der Waals surface area contributed by atoms with Crippen LogP contribution in [0.3, 0.4) is 0 Å².